The molecule has 0 aliphatic rings. The normalized spacial score (nSPS) is 12.1. The van der Waals surface area contributed by atoms with Crippen LogP contribution in [-0.4, -0.2) is 30.7 Å². The van der Waals surface area contributed by atoms with E-state index in [1.807, 2.05) is 0 Å². The van der Waals surface area contributed by atoms with Crippen molar-refractivity contribution in [1.82, 2.24) is 24.5 Å². The molecule has 0 saturated carbocycles. The molecule has 0 aliphatic heterocycles. The molecule has 39 heavy (non-hydrogen) atoms. The van der Waals surface area contributed by atoms with Crippen LogP contribution in [-0.2, 0) is 12.0 Å². The molecule has 0 atom stereocenters. The Morgan fingerprint density at radius 1 is 1.00 bits per heavy atom. The average molecular weight is 566 g/mol. The van der Waals surface area contributed by atoms with Crippen molar-refractivity contribution in [3.05, 3.63) is 92.6 Å². The van der Waals surface area contributed by atoms with Crippen molar-refractivity contribution in [2.75, 3.05) is 0 Å². The van der Waals surface area contributed by atoms with Gasteiger partial charge in [-0.25, -0.2) is 18.7 Å². The van der Waals surface area contributed by atoms with Gasteiger partial charge in [0.15, 0.2) is 5.82 Å². The minimum absolute atomic E-state index is 0.0392. The van der Waals surface area contributed by atoms with E-state index in [2.05, 4.69) is 19.9 Å². The van der Waals surface area contributed by atoms with E-state index in [1.54, 1.807) is 13.8 Å². The van der Waals surface area contributed by atoms with Crippen molar-refractivity contribution >= 4 is 11.6 Å². The lowest BCUT2D eigenvalue weighted by Gasteiger charge is -2.26. The summed E-state index contributed by atoms with van der Waals surface area (Å²) >= 11 is 6.30. The van der Waals surface area contributed by atoms with Crippen molar-refractivity contribution in [3.8, 4) is 22.8 Å². The van der Waals surface area contributed by atoms with Gasteiger partial charge in [0, 0.05) is 30.2 Å². The van der Waals surface area contributed by atoms with Gasteiger partial charge < -0.3 is 4.74 Å². The fraction of sp³-hybridized carbons (Fsp3) is 0.269. The van der Waals surface area contributed by atoms with Gasteiger partial charge in [0.25, 0.3) is 5.56 Å². The maximum absolute atomic E-state index is 13.9. The summed E-state index contributed by atoms with van der Waals surface area (Å²) < 4.78 is 74.4. The third-order valence-corrected chi connectivity index (χ3v) is 6.40. The highest BCUT2D eigenvalue weighted by molar-refractivity contribution is 6.31. The van der Waals surface area contributed by atoms with Crippen LogP contribution in [0.5, 0.6) is 5.75 Å². The average Bonchev–Trinajstić information content (AvgIpc) is 2.86. The fourth-order valence-corrected chi connectivity index (χ4v) is 3.80. The number of ether oxygens (including phenoxy) is 1. The van der Waals surface area contributed by atoms with Crippen LogP contribution in [0.25, 0.3) is 17.1 Å². The predicted octanol–water partition coefficient (Wildman–Crippen LogP) is 6.05. The summed E-state index contributed by atoms with van der Waals surface area (Å²) in [5, 5.41) is -0.308. The first-order valence-corrected chi connectivity index (χ1v) is 11.8. The number of aryl methyl sites for hydroxylation is 2. The SMILES string of the molecule is Cc1cnc(-c2ccnc(C(C)(C)C(F)(F)F)n2)cc1-n1c(C)cc(OCc2ncc(F)cc2F)c(Cl)c1=O. The lowest BCUT2D eigenvalue weighted by Crippen LogP contribution is -2.38. The molecule has 4 aromatic rings. The molecule has 204 valence electrons. The molecule has 0 amide bonds. The Kier molecular flexibility index (Phi) is 7.44. The maximum atomic E-state index is 13.9. The zero-order valence-electron chi connectivity index (χ0n) is 21.1. The van der Waals surface area contributed by atoms with Crippen LogP contribution in [0.2, 0.25) is 5.02 Å². The van der Waals surface area contributed by atoms with Gasteiger partial charge in [-0.3, -0.25) is 19.3 Å². The lowest BCUT2D eigenvalue weighted by molar-refractivity contribution is -0.182. The number of alkyl halides is 3. The minimum atomic E-state index is -4.58. The smallest absolute Gasteiger partial charge is 0.400 e. The van der Waals surface area contributed by atoms with Crippen molar-refractivity contribution in [3.63, 3.8) is 0 Å². The predicted molar refractivity (Wildman–Crippen MR) is 133 cm³/mol. The van der Waals surface area contributed by atoms with Crippen LogP contribution in [0, 0.1) is 25.5 Å². The highest BCUT2D eigenvalue weighted by Crippen LogP contribution is 2.39. The zero-order valence-corrected chi connectivity index (χ0v) is 21.8. The first-order valence-electron chi connectivity index (χ1n) is 11.4. The third kappa shape index (κ3) is 5.47. The van der Waals surface area contributed by atoms with E-state index >= 15 is 0 Å². The minimum Gasteiger partial charge on any atom is -0.485 e. The molecule has 13 heteroatoms. The summed E-state index contributed by atoms with van der Waals surface area (Å²) in [5.74, 6) is -2.23. The third-order valence-electron chi connectivity index (χ3n) is 6.05. The first-order chi connectivity index (χ1) is 18.2. The van der Waals surface area contributed by atoms with Gasteiger partial charge in [0.05, 0.1) is 23.3 Å². The molecule has 0 fully saturated rings. The van der Waals surface area contributed by atoms with Crippen molar-refractivity contribution in [2.45, 2.75) is 45.9 Å². The van der Waals surface area contributed by atoms with Gasteiger partial charge in [-0.05, 0) is 45.4 Å². The number of hydrogen-bond acceptors (Lipinski definition) is 6. The van der Waals surface area contributed by atoms with E-state index in [-0.39, 0.29) is 27.9 Å². The Balaban J connectivity index is 1.72. The molecular weight excluding hydrogens is 545 g/mol. The first kappa shape index (κ1) is 28.1. The molecular formula is C26H21ClF5N5O2. The van der Waals surface area contributed by atoms with Gasteiger partial charge in [-0.15, -0.1) is 0 Å². The monoisotopic (exact) mass is 565 g/mol. The second-order valence-electron chi connectivity index (χ2n) is 9.22. The highest BCUT2D eigenvalue weighted by Gasteiger charge is 2.50. The number of aromatic nitrogens is 5. The molecule has 0 unspecified atom stereocenters. The van der Waals surface area contributed by atoms with Crippen LogP contribution in [0.15, 0.2) is 47.7 Å². The molecule has 0 radical (unpaired) electrons. The molecule has 7 nitrogen and oxygen atoms in total. The van der Waals surface area contributed by atoms with E-state index in [4.69, 9.17) is 16.3 Å². The Bertz CT molecular complexity index is 1620. The summed E-state index contributed by atoms with van der Waals surface area (Å²) in [5.41, 5.74) is -1.51. The Morgan fingerprint density at radius 3 is 2.38 bits per heavy atom. The quantitative estimate of drug-likeness (QED) is 0.265. The molecule has 4 rings (SSSR count). The number of nitrogens with zero attached hydrogens (tertiary/aromatic N) is 5. The molecule has 0 aliphatic carbocycles. The van der Waals surface area contributed by atoms with Crippen molar-refractivity contribution in [1.29, 1.82) is 0 Å². The summed E-state index contributed by atoms with van der Waals surface area (Å²) in [7, 11) is 0. The number of halogens is 6. The highest BCUT2D eigenvalue weighted by atomic mass is 35.5. The van der Waals surface area contributed by atoms with Gasteiger partial charge in [0.2, 0.25) is 0 Å². The number of pyridine rings is 3. The standard InChI is InChI=1S/C26H21ClF5N5O2/c1-13-10-34-18(17-5-6-33-24(36-17)25(3,4)26(30,31)32)9-20(13)37-14(2)7-21(22(27)23(37)38)39-12-19-16(29)8-15(28)11-35-19/h5-11H,12H2,1-4H3. The summed E-state index contributed by atoms with van der Waals surface area (Å²) in [4.78, 5) is 29.1. The van der Waals surface area contributed by atoms with Gasteiger partial charge in [-0.2, -0.15) is 13.2 Å². The summed E-state index contributed by atoms with van der Waals surface area (Å²) in [6.45, 7) is 4.86. The summed E-state index contributed by atoms with van der Waals surface area (Å²) in [6.07, 6.45) is -1.08. The van der Waals surface area contributed by atoms with E-state index in [0.29, 0.717) is 23.0 Å². The van der Waals surface area contributed by atoms with Crippen molar-refractivity contribution < 1.29 is 26.7 Å². The Hall–Kier alpha value is -3.93. The molecule has 0 spiro atoms. The number of rotatable bonds is 6. The van der Waals surface area contributed by atoms with Crippen LogP contribution >= 0.6 is 11.6 Å². The molecule has 0 aromatic carbocycles. The second kappa shape index (κ2) is 10.3. The van der Waals surface area contributed by atoms with Crippen LogP contribution in [0.1, 0.15) is 36.6 Å². The van der Waals surface area contributed by atoms with Gasteiger partial charge >= 0.3 is 6.18 Å². The second-order valence-corrected chi connectivity index (χ2v) is 9.60. The van der Waals surface area contributed by atoms with Gasteiger partial charge in [-0.1, -0.05) is 11.6 Å². The van der Waals surface area contributed by atoms with E-state index < -0.39 is 41.2 Å². The molecule has 4 aromatic heterocycles. The van der Waals surface area contributed by atoms with Crippen LogP contribution < -0.4 is 10.3 Å². The topological polar surface area (TPSA) is 82.8 Å². The van der Waals surface area contributed by atoms with Gasteiger partial charge in [0.1, 0.15) is 40.1 Å². The summed E-state index contributed by atoms with van der Waals surface area (Å²) in [6, 6.07) is 5.04. The van der Waals surface area contributed by atoms with E-state index in [0.717, 1.165) is 20.0 Å². The largest absolute Gasteiger partial charge is 0.485 e. The lowest BCUT2D eigenvalue weighted by atomic mass is 9.91. The zero-order chi connectivity index (χ0) is 28.7. The van der Waals surface area contributed by atoms with Crippen LogP contribution in [0.3, 0.4) is 0 Å². The van der Waals surface area contributed by atoms with Crippen LogP contribution in [0.4, 0.5) is 22.0 Å². The molecule has 0 N–H and O–H groups in total. The fourth-order valence-electron chi connectivity index (χ4n) is 3.60. The maximum Gasteiger partial charge on any atom is 0.400 e. The molecule has 4 heterocycles. The number of hydrogen-bond donors (Lipinski definition) is 0. The Labute approximate surface area is 224 Å². The van der Waals surface area contributed by atoms with E-state index in [1.165, 1.54) is 35.2 Å². The Morgan fingerprint density at radius 2 is 1.72 bits per heavy atom. The molecule has 0 saturated heterocycles. The van der Waals surface area contributed by atoms with Crippen molar-refractivity contribution in [2.24, 2.45) is 0 Å². The molecule has 0 bridgehead atoms. The van der Waals surface area contributed by atoms with E-state index in [9.17, 15) is 26.7 Å².